The normalized spacial score (nSPS) is 13.8. The third kappa shape index (κ3) is 3.97. The number of nitrogens with zero attached hydrogens (tertiary/aromatic N) is 1. The molecule has 1 N–H and O–H groups in total. The van der Waals surface area contributed by atoms with Crippen LogP contribution in [0.2, 0.25) is 0 Å². The first-order valence-corrected chi connectivity index (χ1v) is 7.26. The van der Waals surface area contributed by atoms with Crippen molar-refractivity contribution in [2.75, 3.05) is 20.2 Å². The molecular formula is C16H21NO4. The second-order valence-corrected chi connectivity index (χ2v) is 5.45. The van der Waals surface area contributed by atoms with Crippen LogP contribution in [0, 0.1) is 5.92 Å². The van der Waals surface area contributed by atoms with Gasteiger partial charge in [-0.25, -0.2) is 4.79 Å². The molecule has 0 aliphatic heterocycles. The minimum atomic E-state index is -1.06. The SMILES string of the molecule is CCCN(CC1CC1)C(=O)c1cc(OC)cc(C(=O)O)c1. The van der Waals surface area contributed by atoms with Gasteiger partial charge in [-0.05, 0) is 43.4 Å². The van der Waals surface area contributed by atoms with Gasteiger partial charge in [0.15, 0.2) is 0 Å². The van der Waals surface area contributed by atoms with Gasteiger partial charge in [-0.15, -0.1) is 0 Å². The van der Waals surface area contributed by atoms with Crippen molar-refractivity contribution in [2.24, 2.45) is 5.92 Å². The maximum Gasteiger partial charge on any atom is 0.335 e. The van der Waals surface area contributed by atoms with Gasteiger partial charge < -0.3 is 14.7 Å². The summed E-state index contributed by atoms with van der Waals surface area (Å²) in [5.41, 5.74) is 0.446. The van der Waals surface area contributed by atoms with E-state index in [0.717, 1.165) is 13.0 Å². The standard InChI is InChI=1S/C16H21NO4/c1-3-6-17(10-11-4-5-11)15(18)12-7-13(16(19)20)9-14(8-12)21-2/h7-9,11H,3-6,10H2,1-2H3,(H,19,20). The third-order valence-electron chi connectivity index (χ3n) is 3.59. The number of rotatable bonds is 7. The number of carboxylic acid groups (broad SMARTS) is 1. The lowest BCUT2D eigenvalue weighted by molar-refractivity contribution is 0.0696. The third-order valence-corrected chi connectivity index (χ3v) is 3.59. The van der Waals surface area contributed by atoms with Crippen LogP contribution in [0.3, 0.4) is 0 Å². The van der Waals surface area contributed by atoms with Crippen LogP contribution in [0.4, 0.5) is 0 Å². The summed E-state index contributed by atoms with van der Waals surface area (Å²) < 4.78 is 5.09. The number of hydrogen-bond donors (Lipinski definition) is 1. The van der Waals surface area contributed by atoms with E-state index in [-0.39, 0.29) is 11.5 Å². The first-order valence-electron chi connectivity index (χ1n) is 7.26. The second-order valence-electron chi connectivity index (χ2n) is 5.45. The fourth-order valence-corrected chi connectivity index (χ4v) is 2.30. The Labute approximate surface area is 124 Å². The van der Waals surface area contributed by atoms with Crippen molar-refractivity contribution in [3.63, 3.8) is 0 Å². The molecule has 1 amide bonds. The first-order chi connectivity index (χ1) is 10.0. The summed E-state index contributed by atoms with van der Waals surface area (Å²) in [6.07, 6.45) is 3.23. The lowest BCUT2D eigenvalue weighted by Crippen LogP contribution is -2.33. The zero-order valence-electron chi connectivity index (χ0n) is 12.5. The Morgan fingerprint density at radius 2 is 1.95 bits per heavy atom. The molecule has 0 heterocycles. The molecule has 1 aliphatic carbocycles. The molecule has 1 aromatic carbocycles. The van der Waals surface area contributed by atoms with Crippen LogP contribution in [-0.2, 0) is 0 Å². The number of amides is 1. The maximum absolute atomic E-state index is 12.6. The molecule has 5 nitrogen and oxygen atoms in total. The van der Waals surface area contributed by atoms with Crippen molar-refractivity contribution in [3.05, 3.63) is 29.3 Å². The number of ether oxygens (including phenoxy) is 1. The van der Waals surface area contributed by atoms with Crippen LogP contribution >= 0.6 is 0 Å². The highest BCUT2D eigenvalue weighted by Crippen LogP contribution is 2.30. The van der Waals surface area contributed by atoms with E-state index >= 15 is 0 Å². The molecule has 114 valence electrons. The average molecular weight is 291 g/mol. The number of benzene rings is 1. The maximum atomic E-state index is 12.6. The van der Waals surface area contributed by atoms with E-state index in [1.54, 1.807) is 6.07 Å². The monoisotopic (exact) mass is 291 g/mol. The molecular weight excluding hydrogens is 270 g/mol. The lowest BCUT2D eigenvalue weighted by atomic mass is 10.1. The molecule has 1 aromatic rings. The summed E-state index contributed by atoms with van der Waals surface area (Å²) in [5, 5.41) is 9.13. The van der Waals surface area contributed by atoms with Crippen molar-refractivity contribution in [2.45, 2.75) is 26.2 Å². The lowest BCUT2D eigenvalue weighted by Gasteiger charge is -2.22. The molecule has 1 saturated carbocycles. The van der Waals surface area contributed by atoms with E-state index in [9.17, 15) is 9.59 Å². The van der Waals surface area contributed by atoms with Gasteiger partial charge in [0.25, 0.3) is 5.91 Å². The molecule has 0 bridgehead atoms. The van der Waals surface area contributed by atoms with Gasteiger partial charge in [0.1, 0.15) is 5.75 Å². The highest BCUT2D eigenvalue weighted by atomic mass is 16.5. The Bertz CT molecular complexity index is 537. The van der Waals surface area contributed by atoms with E-state index in [1.165, 1.54) is 32.1 Å². The summed E-state index contributed by atoms with van der Waals surface area (Å²) in [5.74, 6) is -0.191. The molecule has 0 radical (unpaired) electrons. The van der Waals surface area contributed by atoms with Crippen molar-refractivity contribution in [3.8, 4) is 5.75 Å². The van der Waals surface area contributed by atoms with Crippen molar-refractivity contribution in [1.82, 2.24) is 4.90 Å². The number of carbonyl (C=O) groups is 2. The zero-order valence-corrected chi connectivity index (χ0v) is 12.5. The number of carbonyl (C=O) groups excluding carboxylic acids is 1. The molecule has 21 heavy (non-hydrogen) atoms. The zero-order chi connectivity index (χ0) is 15.4. The summed E-state index contributed by atoms with van der Waals surface area (Å²) >= 11 is 0. The second kappa shape index (κ2) is 6.61. The summed E-state index contributed by atoms with van der Waals surface area (Å²) in [7, 11) is 1.46. The van der Waals surface area contributed by atoms with Crippen LogP contribution in [0.15, 0.2) is 18.2 Å². The minimum absolute atomic E-state index is 0.0700. The van der Waals surface area contributed by atoms with E-state index in [0.29, 0.717) is 23.8 Å². The van der Waals surface area contributed by atoms with Crippen LogP contribution in [0.1, 0.15) is 46.9 Å². The van der Waals surface area contributed by atoms with Crippen LogP contribution in [0.5, 0.6) is 5.75 Å². The van der Waals surface area contributed by atoms with Crippen molar-refractivity contribution < 1.29 is 19.4 Å². The molecule has 1 aliphatic rings. The summed E-state index contributed by atoms with van der Waals surface area (Å²) in [6, 6.07) is 4.44. The van der Waals surface area contributed by atoms with Gasteiger partial charge in [-0.1, -0.05) is 6.92 Å². The number of methoxy groups -OCH3 is 1. The van der Waals surface area contributed by atoms with E-state index in [1.807, 2.05) is 11.8 Å². The molecule has 0 atom stereocenters. The fraction of sp³-hybridized carbons (Fsp3) is 0.500. The number of carboxylic acids is 1. The predicted octanol–water partition coefficient (Wildman–Crippen LogP) is 2.66. The highest BCUT2D eigenvalue weighted by molar-refractivity contribution is 5.98. The first kappa shape index (κ1) is 15.4. The average Bonchev–Trinajstić information content (AvgIpc) is 3.29. The predicted molar refractivity (Wildman–Crippen MR) is 78.9 cm³/mol. The van der Waals surface area contributed by atoms with Crippen LogP contribution in [-0.4, -0.2) is 42.1 Å². The Balaban J connectivity index is 2.26. The molecule has 0 spiro atoms. The van der Waals surface area contributed by atoms with Gasteiger partial charge in [-0.3, -0.25) is 4.79 Å². The molecule has 0 saturated heterocycles. The van der Waals surface area contributed by atoms with Gasteiger partial charge in [0.2, 0.25) is 0 Å². The number of hydrogen-bond acceptors (Lipinski definition) is 3. The van der Waals surface area contributed by atoms with Crippen LogP contribution in [0.25, 0.3) is 0 Å². The summed E-state index contributed by atoms with van der Waals surface area (Å²) in [6.45, 7) is 3.47. The smallest absolute Gasteiger partial charge is 0.335 e. The van der Waals surface area contributed by atoms with E-state index in [2.05, 4.69) is 0 Å². The molecule has 5 heteroatoms. The largest absolute Gasteiger partial charge is 0.497 e. The minimum Gasteiger partial charge on any atom is -0.497 e. The van der Waals surface area contributed by atoms with Gasteiger partial charge in [0.05, 0.1) is 12.7 Å². The van der Waals surface area contributed by atoms with Crippen LogP contribution < -0.4 is 4.74 Å². The highest BCUT2D eigenvalue weighted by Gasteiger charge is 2.27. The Hall–Kier alpha value is -2.04. The van der Waals surface area contributed by atoms with Gasteiger partial charge in [0, 0.05) is 18.7 Å². The molecule has 1 fully saturated rings. The Morgan fingerprint density at radius 3 is 2.48 bits per heavy atom. The van der Waals surface area contributed by atoms with Crippen molar-refractivity contribution >= 4 is 11.9 Å². The Morgan fingerprint density at radius 1 is 1.29 bits per heavy atom. The summed E-state index contributed by atoms with van der Waals surface area (Å²) in [4.78, 5) is 25.6. The Kier molecular flexibility index (Phi) is 4.83. The topological polar surface area (TPSA) is 66.8 Å². The molecule has 0 aromatic heterocycles. The van der Waals surface area contributed by atoms with Gasteiger partial charge >= 0.3 is 5.97 Å². The molecule has 0 unspecified atom stereocenters. The van der Waals surface area contributed by atoms with E-state index < -0.39 is 5.97 Å². The quantitative estimate of drug-likeness (QED) is 0.838. The van der Waals surface area contributed by atoms with Crippen molar-refractivity contribution in [1.29, 1.82) is 0 Å². The van der Waals surface area contributed by atoms with E-state index in [4.69, 9.17) is 9.84 Å². The number of aromatic carboxylic acids is 1. The van der Waals surface area contributed by atoms with Gasteiger partial charge in [-0.2, -0.15) is 0 Å². The fourth-order valence-electron chi connectivity index (χ4n) is 2.30. The molecule has 2 rings (SSSR count).